The predicted octanol–water partition coefficient (Wildman–Crippen LogP) is 5.57. The Morgan fingerprint density at radius 2 is 0.429 bits per heavy atom. The smallest absolute Gasteiger partial charge is 0.247 e. The summed E-state index contributed by atoms with van der Waals surface area (Å²) in [6, 6.07) is 0. The molecule has 0 aromatic rings. The fourth-order valence-corrected chi connectivity index (χ4v) is 8.66. The fourth-order valence-electron chi connectivity index (χ4n) is 8.41. The molecule has 0 aliphatic carbocycles. The molecule has 0 aromatic carbocycles. The van der Waals surface area contributed by atoms with E-state index < -0.39 is 41.4 Å². The van der Waals surface area contributed by atoms with Crippen LogP contribution in [0.5, 0.6) is 0 Å². The predicted molar refractivity (Wildman–Crippen MR) is 321 cm³/mol. The lowest BCUT2D eigenvalue weighted by molar-refractivity contribution is -0.138. The lowest BCUT2D eigenvalue weighted by Crippen LogP contribution is -2.43. The Kier molecular flexibility index (Phi) is 42.6. The highest BCUT2D eigenvalue weighted by atomic mass is 32.2. The Balaban J connectivity index is 7.13. The maximum Gasteiger partial charge on any atom is 0.247 e. The number of hydrogen-bond acceptors (Lipinski definition) is 16. The minimum atomic E-state index is -0.561. The molecule has 0 rings (SSSR count). The molecular formula is C61H99N7O15S. The van der Waals surface area contributed by atoms with Gasteiger partial charge in [-0.1, -0.05) is 48.5 Å². The largest absolute Gasteiger partial charge is 0.342 e. The molecule has 0 aromatic heterocycles. The first-order valence-corrected chi connectivity index (χ1v) is 31.5. The molecule has 0 saturated carbocycles. The van der Waals surface area contributed by atoms with Crippen molar-refractivity contribution in [3.8, 4) is 0 Å². The zero-order valence-corrected chi connectivity index (χ0v) is 52.9. The highest BCUT2D eigenvalue weighted by Gasteiger charge is 2.27. The first-order valence-electron chi connectivity index (χ1n) is 30.2. The van der Waals surface area contributed by atoms with Gasteiger partial charge in [0.15, 0.2) is 0 Å². The zero-order chi connectivity index (χ0) is 63.6. The number of rotatable bonds is 51. The third-order valence-electron chi connectivity index (χ3n) is 14.5. The monoisotopic (exact) mass is 1200 g/mol. The number of thioether (sulfide) groups is 1. The molecule has 0 atom stereocenters. The van der Waals surface area contributed by atoms with Crippen molar-refractivity contribution < 1.29 is 71.9 Å². The van der Waals surface area contributed by atoms with E-state index in [9.17, 15) is 71.9 Å². The maximum absolute atomic E-state index is 14.4. The molecule has 0 radical (unpaired) electrons. The SMILES string of the molecule is CCC(=O)CCN(CCC(C)=O)C(=O)CCN(CCC(=O)N(CCC(=O)CC)CCC(=O)CC)C(=O)CCN(CCC(=O)N(CCC(=O)N(CCC(=O)CC)CCC(=O)CC)CCC(=O)N(CCC(=O)CC)CCC(=O)CC)C(=O)C=CSC. The second-order valence-electron chi connectivity index (χ2n) is 20.6. The van der Waals surface area contributed by atoms with Crippen LogP contribution in [-0.2, 0) is 71.9 Å². The summed E-state index contributed by atoms with van der Waals surface area (Å²) < 4.78 is 0. The fraction of sp³-hybridized carbons (Fsp3) is 0.721. The molecule has 0 unspecified atom stereocenters. The van der Waals surface area contributed by atoms with Crippen molar-refractivity contribution in [3.05, 3.63) is 11.5 Å². The minimum Gasteiger partial charge on any atom is -0.342 e. The number of amides is 7. The lowest BCUT2D eigenvalue weighted by Gasteiger charge is -2.29. The average Bonchev–Trinajstić information content (AvgIpc) is 3.55. The third-order valence-corrected chi connectivity index (χ3v) is 14.9. The summed E-state index contributed by atoms with van der Waals surface area (Å²) in [5, 5.41) is 1.52. The number of carbonyl (C=O) groups is 15. The molecule has 0 aliphatic heterocycles. The number of ketones is 8. The van der Waals surface area contributed by atoms with Crippen molar-refractivity contribution in [3.63, 3.8) is 0 Å². The molecule has 84 heavy (non-hydrogen) atoms. The first-order chi connectivity index (χ1) is 39.9. The Bertz CT molecular complexity index is 2120. The number of nitrogens with zero attached hydrogens (tertiary/aromatic N) is 7. The second kappa shape index (κ2) is 46.1. The van der Waals surface area contributed by atoms with Gasteiger partial charge in [0.25, 0.3) is 0 Å². The van der Waals surface area contributed by atoms with Gasteiger partial charge in [-0.2, -0.15) is 0 Å². The second-order valence-corrected chi connectivity index (χ2v) is 21.3. The van der Waals surface area contributed by atoms with E-state index >= 15 is 0 Å². The standard InChI is InChI=1S/C61H99N7O15S/c1-10-48(70)18-33-62(32-17-47(8)69)55(77)25-40-66(41-26-56(78)63(34-19-49(71)11-2)35-20-50(72)12-3)59(81)29-44-68(61(83)31-46-84-9)45-30-60(82)67(42-27-57(79)64(36-21-51(73)13-4)37-22-52(74)14-5)43-28-58(80)65(38-23-53(75)15-6)39-24-54(76)16-7/h31,46H,10-30,32-45H2,1-9H3. The summed E-state index contributed by atoms with van der Waals surface area (Å²) in [7, 11) is 0. The Morgan fingerprint density at radius 3 is 0.595 bits per heavy atom. The van der Waals surface area contributed by atoms with Crippen LogP contribution in [-0.4, -0.2) is 220 Å². The van der Waals surface area contributed by atoms with Crippen LogP contribution in [0.15, 0.2) is 11.5 Å². The molecule has 0 fully saturated rings. The van der Waals surface area contributed by atoms with E-state index in [4.69, 9.17) is 0 Å². The van der Waals surface area contributed by atoms with Gasteiger partial charge in [-0.3, -0.25) is 71.9 Å². The topological polar surface area (TPSA) is 279 Å². The van der Waals surface area contributed by atoms with Crippen LogP contribution in [0.3, 0.4) is 0 Å². The van der Waals surface area contributed by atoms with Crippen LogP contribution in [0, 0.1) is 0 Å². The molecule has 7 amide bonds. The summed E-state index contributed by atoms with van der Waals surface area (Å²) in [5.41, 5.74) is 0. The van der Waals surface area contributed by atoms with Gasteiger partial charge in [-0.25, -0.2) is 0 Å². The highest BCUT2D eigenvalue weighted by molar-refractivity contribution is 8.01. The molecule has 0 bridgehead atoms. The van der Waals surface area contributed by atoms with E-state index in [0.717, 1.165) is 0 Å². The van der Waals surface area contributed by atoms with Crippen LogP contribution in [0.1, 0.15) is 190 Å². The molecule has 0 N–H and O–H groups in total. The molecule has 474 valence electrons. The molecule has 0 heterocycles. The van der Waals surface area contributed by atoms with Crippen LogP contribution >= 0.6 is 11.8 Å². The van der Waals surface area contributed by atoms with Crippen LogP contribution < -0.4 is 0 Å². The molecule has 0 aliphatic rings. The van der Waals surface area contributed by atoms with Gasteiger partial charge in [-0.15, -0.1) is 11.8 Å². The van der Waals surface area contributed by atoms with Crippen molar-refractivity contribution in [2.45, 2.75) is 190 Å². The average molecular weight is 1200 g/mol. The molecular weight excluding hydrogens is 1100 g/mol. The first kappa shape index (κ1) is 77.7. The van der Waals surface area contributed by atoms with Crippen LogP contribution in [0.2, 0.25) is 0 Å². The Morgan fingerprint density at radius 1 is 0.262 bits per heavy atom. The van der Waals surface area contributed by atoms with Gasteiger partial charge >= 0.3 is 0 Å². The van der Waals surface area contributed by atoms with Crippen molar-refractivity contribution in [2.75, 3.05) is 97.9 Å². The van der Waals surface area contributed by atoms with E-state index in [1.807, 2.05) is 0 Å². The molecule has 0 saturated heterocycles. The number of hydrogen-bond donors (Lipinski definition) is 0. The zero-order valence-electron chi connectivity index (χ0n) is 52.1. The molecule has 0 spiro atoms. The molecule has 23 heteroatoms. The van der Waals surface area contributed by atoms with Gasteiger partial charge in [-0.05, 0) is 18.6 Å². The van der Waals surface area contributed by atoms with Gasteiger partial charge in [0.1, 0.15) is 46.3 Å². The van der Waals surface area contributed by atoms with E-state index in [1.165, 1.54) is 64.5 Å². The van der Waals surface area contributed by atoms with E-state index in [1.54, 1.807) is 54.7 Å². The van der Waals surface area contributed by atoms with E-state index in [-0.39, 0.29) is 273 Å². The summed E-state index contributed by atoms with van der Waals surface area (Å²) in [4.78, 5) is 206. The number of Topliss-reactive ketones (excluding diaryl/α,β-unsaturated/α-hetero) is 8. The summed E-state index contributed by atoms with van der Waals surface area (Å²) in [5.74, 6) is -4.18. The molecule has 22 nitrogen and oxygen atoms in total. The van der Waals surface area contributed by atoms with Crippen molar-refractivity contribution in [2.24, 2.45) is 0 Å². The van der Waals surface area contributed by atoms with E-state index in [2.05, 4.69) is 0 Å². The summed E-state index contributed by atoms with van der Waals surface area (Å²) >= 11 is 1.23. The number of carbonyl (C=O) groups excluding carboxylic acids is 15. The highest BCUT2D eigenvalue weighted by Crippen LogP contribution is 2.13. The summed E-state index contributed by atoms with van der Waals surface area (Å²) in [6.07, 6.45) is 3.60. The van der Waals surface area contributed by atoms with E-state index in [0.29, 0.717) is 0 Å². The van der Waals surface area contributed by atoms with Crippen LogP contribution in [0.25, 0.3) is 0 Å². The Labute approximate surface area is 503 Å². The van der Waals surface area contributed by atoms with Crippen LogP contribution in [0.4, 0.5) is 0 Å². The normalized spacial score (nSPS) is 10.9. The Hall–Kier alpha value is -6.26. The quantitative estimate of drug-likeness (QED) is 0.0673. The van der Waals surface area contributed by atoms with Crippen molar-refractivity contribution in [1.29, 1.82) is 0 Å². The third kappa shape index (κ3) is 35.1. The lowest BCUT2D eigenvalue weighted by atomic mass is 10.1. The van der Waals surface area contributed by atoms with Gasteiger partial charge in [0, 0.05) is 233 Å². The maximum atomic E-state index is 14.4. The van der Waals surface area contributed by atoms with Gasteiger partial charge in [0.2, 0.25) is 41.4 Å². The van der Waals surface area contributed by atoms with Crippen molar-refractivity contribution >= 4 is 99.4 Å². The van der Waals surface area contributed by atoms with Gasteiger partial charge in [0.05, 0.1) is 0 Å². The summed E-state index contributed by atoms with van der Waals surface area (Å²) in [6.45, 7) is 12.5. The van der Waals surface area contributed by atoms with Crippen molar-refractivity contribution in [1.82, 2.24) is 34.3 Å². The van der Waals surface area contributed by atoms with Gasteiger partial charge < -0.3 is 34.3 Å². The minimum absolute atomic E-state index is 0.0395.